The van der Waals surface area contributed by atoms with Crippen molar-refractivity contribution in [2.45, 2.75) is 31.1 Å². The van der Waals surface area contributed by atoms with Gasteiger partial charge in [-0.15, -0.1) is 0 Å². The van der Waals surface area contributed by atoms with E-state index in [9.17, 15) is 13.2 Å². The minimum absolute atomic E-state index is 0.244. The third kappa shape index (κ3) is 3.88. The maximum Gasteiger partial charge on any atom is 0.274 e. The summed E-state index contributed by atoms with van der Waals surface area (Å²) < 4.78 is 27.4. The van der Waals surface area contributed by atoms with Gasteiger partial charge in [0.15, 0.2) is 0 Å². The van der Waals surface area contributed by atoms with Crippen LogP contribution in [0.15, 0.2) is 47.5 Å². The summed E-state index contributed by atoms with van der Waals surface area (Å²) >= 11 is 0. The molecule has 0 saturated carbocycles. The van der Waals surface area contributed by atoms with E-state index in [4.69, 9.17) is 0 Å². The lowest BCUT2D eigenvalue weighted by Gasteiger charge is -2.26. The zero-order chi connectivity index (χ0) is 17.9. The number of carbonyl (C=O) groups excluding carboxylic acids is 1. The fourth-order valence-corrected chi connectivity index (χ4v) is 4.66. The van der Waals surface area contributed by atoms with Crippen LogP contribution in [0.25, 0.3) is 0 Å². The molecule has 132 valence electrons. The minimum Gasteiger partial charge on any atom is -0.321 e. The first kappa shape index (κ1) is 17.6. The predicted octanol–water partition coefficient (Wildman–Crippen LogP) is 2.82. The number of hydrogen-bond donors (Lipinski definition) is 1. The van der Waals surface area contributed by atoms with E-state index in [1.807, 2.05) is 0 Å². The largest absolute Gasteiger partial charge is 0.321 e. The van der Waals surface area contributed by atoms with E-state index >= 15 is 0 Å². The van der Waals surface area contributed by atoms with Gasteiger partial charge in [-0.05, 0) is 49.6 Å². The van der Waals surface area contributed by atoms with Crippen LogP contribution in [-0.4, -0.2) is 36.7 Å². The summed E-state index contributed by atoms with van der Waals surface area (Å²) in [4.78, 5) is 16.5. The normalized spacial score (nSPS) is 15.7. The molecule has 2 heterocycles. The second-order valence-electron chi connectivity index (χ2n) is 6.11. The van der Waals surface area contributed by atoms with Crippen LogP contribution in [0, 0.1) is 6.92 Å². The number of aryl methyl sites for hydroxylation is 1. The minimum atomic E-state index is -3.55. The highest BCUT2D eigenvalue weighted by molar-refractivity contribution is 7.89. The molecule has 7 heteroatoms. The molecule has 0 spiro atoms. The van der Waals surface area contributed by atoms with Crippen LogP contribution in [0.2, 0.25) is 0 Å². The van der Waals surface area contributed by atoms with Gasteiger partial charge in [-0.25, -0.2) is 8.42 Å². The van der Waals surface area contributed by atoms with E-state index in [0.29, 0.717) is 24.3 Å². The summed E-state index contributed by atoms with van der Waals surface area (Å²) in [6.07, 6.45) is 4.37. The highest BCUT2D eigenvalue weighted by atomic mass is 32.2. The number of hydrogen-bond acceptors (Lipinski definition) is 4. The molecule has 1 saturated heterocycles. The molecule has 1 amide bonds. The number of anilines is 1. The third-order valence-electron chi connectivity index (χ3n) is 4.28. The molecule has 0 atom stereocenters. The first-order chi connectivity index (χ1) is 12.0. The van der Waals surface area contributed by atoms with E-state index in [-0.39, 0.29) is 16.5 Å². The van der Waals surface area contributed by atoms with Gasteiger partial charge in [0.25, 0.3) is 5.91 Å². The Balaban J connectivity index is 1.86. The van der Waals surface area contributed by atoms with E-state index < -0.39 is 10.0 Å². The predicted molar refractivity (Wildman–Crippen MR) is 96.0 cm³/mol. The molecular formula is C18H21N3O3S. The summed E-state index contributed by atoms with van der Waals surface area (Å²) in [6.45, 7) is 2.86. The summed E-state index contributed by atoms with van der Waals surface area (Å²) in [7, 11) is -3.55. The van der Waals surface area contributed by atoms with E-state index in [0.717, 1.165) is 19.3 Å². The number of benzene rings is 1. The summed E-state index contributed by atoms with van der Waals surface area (Å²) in [5.74, 6) is -0.370. The van der Waals surface area contributed by atoms with E-state index in [1.165, 1.54) is 16.6 Å². The molecule has 3 rings (SSSR count). The molecule has 1 N–H and O–H groups in total. The van der Waals surface area contributed by atoms with Crippen LogP contribution >= 0.6 is 0 Å². The number of nitrogens with one attached hydrogen (secondary N) is 1. The molecule has 1 aromatic heterocycles. The van der Waals surface area contributed by atoms with Crippen LogP contribution < -0.4 is 5.32 Å². The van der Waals surface area contributed by atoms with Gasteiger partial charge in [-0.3, -0.25) is 9.78 Å². The Bertz CT molecular complexity index is 860. The van der Waals surface area contributed by atoms with Gasteiger partial charge in [-0.2, -0.15) is 4.31 Å². The van der Waals surface area contributed by atoms with Gasteiger partial charge in [-0.1, -0.05) is 18.6 Å². The molecule has 0 unspecified atom stereocenters. The van der Waals surface area contributed by atoms with Crippen LogP contribution in [0.5, 0.6) is 0 Å². The van der Waals surface area contributed by atoms with Crippen molar-refractivity contribution < 1.29 is 13.2 Å². The molecule has 6 nitrogen and oxygen atoms in total. The molecular weight excluding hydrogens is 338 g/mol. The molecule has 1 aliphatic heterocycles. The van der Waals surface area contributed by atoms with E-state index in [1.54, 1.807) is 37.3 Å². The Morgan fingerprint density at radius 3 is 2.56 bits per heavy atom. The maximum absolute atomic E-state index is 12.9. The number of pyridine rings is 1. The highest BCUT2D eigenvalue weighted by Gasteiger charge is 2.27. The number of amides is 1. The number of sulfonamides is 1. The standard InChI is InChI=1S/C18H21N3O3S/c1-14-8-9-15(20-18(22)16-7-3-4-10-19-16)13-17(14)25(23,24)21-11-5-2-6-12-21/h3-4,7-10,13H,2,5-6,11-12H2,1H3,(H,20,22). The Kier molecular flexibility index (Phi) is 5.15. The van der Waals surface area contributed by atoms with Crippen LogP contribution in [0.1, 0.15) is 35.3 Å². The van der Waals surface area contributed by atoms with Crippen LogP contribution in [0.4, 0.5) is 5.69 Å². The lowest BCUT2D eigenvalue weighted by atomic mass is 10.2. The first-order valence-electron chi connectivity index (χ1n) is 8.32. The number of aromatic nitrogens is 1. The lowest BCUT2D eigenvalue weighted by Crippen LogP contribution is -2.36. The quantitative estimate of drug-likeness (QED) is 0.910. The number of rotatable bonds is 4. The van der Waals surface area contributed by atoms with Crippen molar-refractivity contribution in [3.63, 3.8) is 0 Å². The zero-order valence-corrected chi connectivity index (χ0v) is 14.9. The van der Waals surface area contributed by atoms with Crippen molar-refractivity contribution in [2.24, 2.45) is 0 Å². The Morgan fingerprint density at radius 2 is 1.88 bits per heavy atom. The number of piperidine rings is 1. The first-order valence-corrected chi connectivity index (χ1v) is 9.76. The Hall–Kier alpha value is -2.25. The molecule has 0 aliphatic carbocycles. The number of nitrogens with zero attached hydrogens (tertiary/aromatic N) is 2. The zero-order valence-electron chi connectivity index (χ0n) is 14.1. The van der Waals surface area contributed by atoms with Crippen molar-refractivity contribution in [1.82, 2.24) is 9.29 Å². The van der Waals surface area contributed by atoms with Crippen molar-refractivity contribution in [2.75, 3.05) is 18.4 Å². The average molecular weight is 359 g/mol. The van der Waals surface area contributed by atoms with Gasteiger partial charge >= 0.3 is 0 Å². The fraction of sp³-hybridized carbons (Fsp3) is 0.333. The Labute approximate surface area is 147 Å². The maximum atomic E-state index is 12.9. The molecule has 2 aromatic rings. The monoisotopic (exact) mass is 359 g/mol. The Morgan fingerprint density at radius 1 is 1.12 bits per heavy atom. The van der Waals surface area contributed by atoms with Gasteiger partial charge in [0, 0.05) is 25.0 Å². The molecule has 0 bridgehead atoms. The van der Waals surface area contributed by atoms with Gasteiger partial charge < -0.3 is 5.32 Å². The van der Waals surface area contributed by atoms with Crippen molar-refractivity contribution >= 4 is 21.6 Å². The third-order valence-corrected chi connectivity index (χ3v) is 6.32. The molecule has 1 aliphatic rings. The van der Waals surface area contributed by atoms with Crippen LogP contribution in [0.3, 0.4) is 0 Å². The van der Waals surface area contributed by atoms with Gasteiger partial charge in [0.1, 0.15) is 5.69 Å². The second-order valence-corrected chi connectivity index (χ2v) is 8.02. The topological polar surface area (TPSA) is 79.4 Å². The fourth-order valence-electron chi connectivity index (χ4n) is 2.89. The lowest BCUT2D eigenvalue weighted by molar-refractivity contribution is 0.102. The van der Waals surface area contributed by atoms with Gasteiger partial charge in [0.2, 0.25) is 10.0 Å². The van der Waals surface area contributed by atoms with Crippen molar-refractivity contribution in [1.29, 1.82) is 0 Å². The summed E-state index contributed by atoms with van der Waals surface area (Å²) in [5.41, 5.74) is 1.39. The molecule has 25 heavy (non-hydrogen) atoms. The summed E-state index contributed by atoms with van der Waals surface area (Å²) in [6, 6.07) is 10.0. The average Bonchev–Trinajstić information content (AvgIpc) is 2.64. The highest BCUT2D eigenvalue weighted by Crippen LogP contribution is 2.26. The van der Waals surface area contributed by atoms with Crippen molar-refractivity contribution in [3.8, 4) is 0 Å². The van der Waals surface area contributed by atoms with Crippen LogP contribution in [-0.2, 0) is 10.0 Å². The second kappa shape index (κ2) is 7.33. The molecule has 1 aromatic carbocycles. The summed E-state index contributed by atoms with van der Waals surface area (Å²) in [5, 5.41) is 2.72. The van der Waals surface area contributed by atoms with Gasteiger partial charge in [0.05, 0.1) is 4.90 Å². The molecule has 0 radical (unpaired) electrons. The SMILES string of the molecule is Cc1ccc(NC(=O)c2ccccn2)cc1S(=O)(=O)N1CCCCC1. The van der Waals surface area contributed by atoms with E-state index in [2.05, 4.69) is 10.3 Å². The van der Waals surface area contributed by atoms with Crippen molar-refractivity contribution in [3.05, 3.63) is 53.9 Å². The molecule has 1 fully saturated rings. The smallest absolute Gasteiger partial charge is 0.274 e. The number of carbonyl (C=O) groups is 1.